The number of carbonyl (C=O) groups is 5. The standard InChI is InChI=1S/2C11H18O2Si.C10H18OSi.C9H13NO2.C8H16OSi.C8H14OSi.C7H8O2.C7H10O/c2*1-8-9(6-7-10(12)13-2)11(8)14(3,4)5;1-8-9(6-5-7-11)10(8)12(2,3)4;1-7-6-8(7)2-3-9(12)10-4-5-11;2*1-6-7(5-9)8(6)10(2,3)4;1-5-4-6(5)2-3-7(8)9;1-6-5-7(6)3-2-4-8/h2*6-7,9H,1-5H3;5-6,9,11H,7H2,1-4H3;2-3,6,8,11H,4-5H2,1H3,(H,10,12);7,9H,5H2,1-4H3;5,7H,1-4H3;2-4,6H,1H3,(H,8,9);2-3,5,7-8H,4H2,1H3/b2*7-6+;6-5+;3-2+;;;2*3-2+. The van der Waals surface area contributed by atoms with Crippen molar-refractivity contribution in [2.45, 2.75) is 154 Å². The highest BCUT2D eigenvalue weighted by molar-refractivity contribution is 6.86. The van der Waals surface area contributed by atoms with Gasteiger partial charge < -0.3 is 45.1 Å². The van der Waals surface area contributed by atoms with E-state index in [1.165, 1.54) is 82.7 Å². The molecule has 8 atom stereocenters. The Morgan fingerprint density at radius 2 is 0.764 bits per heavy atom. The lowest BCUT2D eigenvalue weighted by Crippen LogP contribution is -2.24. The van der Waals surface area contributed by atoms with Gasteiger partial charge in [0.05, 0.1) is 86.9 Å². The molecule has 0 fully saturated rings. The summed E-state index contributed by atoms with van der Waals surface area (Å²) in [5, 5.41) is 52.8. The molecule has 8 aliphatic carbocycles. The van der Waals surface area contributed by atoms with Crippen LogP contribution < -0.4 is 5.32 Å². The van der Waals surface area contributed by atoms with Crippen molar-refractivity contribution in [3.8, 4) is 0 Å². The van der Waals surface area contributed by atoms with Gasteiger partial charge in [0.2, 0.25) is 5.91 Å². The van der Waals surface area contributed by atoms with Gasteiger partial charge in [-0.15, -0.1) is 0 Å². The number of ether oxygens (including phenoxy) is 2. The molecule has 18 heteroatoms. The van der Waals surface area contributed by atoms with Crippen molar-refractivity contribution in [3.63, 3.8) is 0 Å². The van der Waals surface area contributed by atoms with Crippen LogP contribution in [-0.4, -0.2) is 143 Å². The number of aliphatic carboxylic acids is 1. The number of hydrogen-bond donors (Lipinski definition) is 6. The highest BCUT2D eigenvalue weighted by Crippen LogP contribution is 2.48. The summed E-state index contributed by atoms with van der Waals surface area (Å²) < 4.78 is 9.10. The second-order valence-electron chi connectivity index (χ2n) is 28.9. The van der Waals surface area contributed by atoms with E-state index in [2.05, 4.69) is 173 Å². The van der Waals surface area contributed by atoms with Gasteiger partial charge in [0, 0.05) is 66.2 Å². The molecule has 0 saturated carbocycles. The fourth-order valence-electron chi connectivity index (χ4n) is 11.1. The number of carboxylic acid groups (broad SMARTS) is 1. The predicted molar refractivity (Wildman–Crippen MR) is 383 cm³/mol. The molecule has 8 rings (SSSR count). The average Bonchev–Trinajstić information content (AvgIpc) is 1.67. The van der Waals surface area contributed by atoms with Crippen molar-refractivity contribution in [1.29, 1.82) is 0 Å². The van der Waals surface area contributed by atoms with E-state index in [9.17, 15) is 24.0 Å². The summed E-state index contributed by atoms with van der Waals surface area (Å²) in [5.41, 5.74) is 11.2. The van der Waals surface area contributed by atoms with Crippen molar-refractivity contribution >= 4 is 70.5 Å². The zero-order valence-electron chi connectivity index (χ0n) is 59.0. The van der Waals surface area contributed by atoms with Gasteiger partial charge in [-0.05, 0) is 61.5 Å². The molecule has 0 radical (unpaired) electrons. The highest BCUT2D eigenvalue weighted by atomic mass is 28.3. The quantitative estimate of drug-likeness (QED) is 0.0208. The minimum atomic E-state index is -1.16. The molecule has 8 aliphatic rings. The van der Waals surface area contributed by atoms with E-state index >= 15 is 0 Å². The first kappa shape index (κ1) is 81.8. The van der Waals surface area contributed by atoms with Crippen molar-refractivity contribution in [1.82, 2.24) is 5.32 Å². The number of aliphatic hydroxyl groups excluding tert-OH is 4. The van der Waals surface area contributed by atoms with Crippen LogP contribution in [0.2, 0.25) is 98.2 Å². The number of allylic oxidation sites excluding steroid dienone is 20. The first-order valence-electron chi connectivity index (χ1n) is 31.2. The maximum Gasteiger partial charge on any atom is 0.330 e. The van der Waals surface area contributed by atoms with Crippen LogP contribution >= 0.6 is 0 Å². The highest BCUT2D eigenvalue weighted by Gasteiger charge is 2.43. The number of aliphatic hydroxyl groups is 4. The number of rotatable bonds is 21. The van der Waals surface area contributed by atoms with Crippen molar-refractivity contribution in [2.75, 3.05) is 47.2 Å². The molecule has 8 unspecified atom stereocenters. The Morgan fingerprint density at radius 3 is 1.00 bits per heavy atom. The maximum atomic E-state index is 10.9. The van der Waals surface area contributed by atoms with E-state index < -0.39 is 46.3 Å². The fourth-order valence-corrected chi connectivity index (χ4v) is 23.8. The molecule has 1 amide bonds. The third-order valence-electron chi connectivity index (χ3n) is 16.1. The molecule has 496 valence electrons. The van der Waals surface area contributed by atoms with E-state index in [-0.39, 0.29) is 43.6 Å². The Labute approximate surface area is 541 Å². The lowest BCUT2D eigenvalue weighted by Gasteiger charge is -2.11. The van der Waals surface area contributed by atoms with Gasteiger partial charge in [-0.25, -0.2) is 14.4 Å². The third kappa shape index (κ3) is 30.7. The second kappa shape index (κ2) is 36.2. The van der Waals surface area contributed by atoms with E-state index in [0.29, 0.717) is 54.6 Å². The van der Waals surface area contributed by atoms with Gasteiger partial charge in [0.15, 0.2) is 0 Å². The summed E-state index contributed by atoms with van der Waals surface area (Å²) in [6.07, 6.45) is 28.3. The van der Waals surface area contributed by atoms with Gasteiger partial charge in [0.25, 0.3) is 0 Å². The molecule has 0 aromatic carbocycles. The first-order valence-corrected chi connectivity index (χ1v) is 48.7. The number of esters is 2. The van der Waals surface area contributed by atoms with Crippen LogP contribution in [0.25, 0.3) is 0 Å². The zero-order chi connectivity index (χ0) is 68.9. The summed E-state index contributed by atoms with van der Waals surface area (Å²) in [6, 6.07) is 0. The van der Waals surface area contributed by atoms with E-state index in [0.717, 1.165) is 6.29 Å². The number of amides is 1. The SMILES string of the molecule is CC1=C([Si](C)(C)C)C1/C=C/CO.CC1=C([Si](C)(C)C)C1C=O.CC1=C([Si](C)(C)C)C1CO.CC1=CC1/C=C/C(=O)NCCO.CC1=CC1/C=C/C(=O)O.CC1=CC1/C=C/CO.COC(=O)/C=C/C1C(C)=C1[Si](C)(C)C.COC(=O)/C=C/C1C(C)=C1[Si](C)(C)C. The number of carboxylic acids is 1. The Hall–Kier alpha value is -5.17. The molecular weight excluding hydrogens is 1200 g/mol. The van der Waals surface area contributed by atoms with Crippen LogP contribution in [0.3, 0.4) is 0 Å². The Kier molecular flexibility index (Phi) is 33.3. The summed E-state index contributed by atoms with van der Waals surface area (Å²) in [5.74, 6) is 1.97. The van der Waals surface area contributed by atoms with Crippen molar-refractivity contribution in [2.24, 2.45) is 47.3 Å². The number of aldehydes is 1. The molecule has 0 spiro atoms. The molecule has 0 aliphatic heterocycles. The smallest absolute Gasteiger partial charge is 0.330 e. The van der Waals surface area contributed by atoms with Crippen molar-refractivity contribution < 1.29 is 59.0 Å². The molecule has 0 saturated heterocycles. The van der Waals surface area contributed by atoms with Crippen LogP contribution in [-0.2, 0) is 33.4 Å². The second-order valence-corrected chi connectivity index (χ2v) is 54.1. The molecule has 89 heavy (non-hydrogen) atoms. The van der Waals surface area contributed by atoms with Crippen LogP contribution in [0.1, 0.15) is 55.4 Å². The minimum absolute atomic E-state index is 0.0136. The number of nitrogens with one attached hydrogen (secondary N) is 1. The summed E-state index contributed by atoms with van der Waals surface area (Å²) in [6.45, 7) is 52.8. The minimum Gasteiger partial charge on any atom is -0.478 e. The van der Waals surface area contributed by atoms with Gasteiger partial charge in [-0.1, -0.05) is 236 Å². The lowest BCUT2D eigenvalue weighted by molar-refractivity contribution is -0.135. The summed E-state index contributed by atoms with van der Waals surface area (Å²) in [4.78, 5) is 53.0. The number of carbonyl (C=O) groups excluding carboxylic acids is 4. The predicted octanol–water partition coefficient (Wildman–Crippen LogP) is 13.8. The number of methoxy groups -OCH3 is 2. The zero-order valence-corrected chi connectivity index (χ0v) is 64.0. The Bertz CT molecular complexity index is 2890. The monoisotopic (exact) mass is 1310 g/mol. The van der Waals surface area contributed by atoms with Gasteiger partial charge in [0.1, 0.15) is 6.29 Å². The van der Waals surface area contributed by atoms with Gasteiger partial charge in [-0.2, -0.15) is 0 Å². The first-order chi connectivity index (χ1) is 41.0. The van der Waals surface area contributed by atoms with E-state index in [1.807, 2.05) is 50.3 Å². The van der Waals surface area contributed by atoms with Crippen LogP contribution in [0.15, 0.2) is 162 Å². The molecule has 0 heterocycles. The van der Waals surface area contributed by atoms with Crippen LogP contribution in [0.4, 0.5) is 0 Å². The average molecular weight is 1320 g/mol. The Morgan fingerprint density at radius 1 is 0.449 bits per heavy atom. The van der Waals surface area contributed by atoms with Gasteiger partial charge >= 0.3 is 17.9 Å². The Balaban J connectivity index is 0.000000512. The van der Waals surface area contributed by atoms with Crippen LogP contribution in [0.5, 0.6) is 0 Å². The summed E-state index contributed by atoms with van der Waals surface area (Å²) >= 11 is 0. The van der Waals surface area contributed by atoms with E-state index in [4.69, 9.17) is 25.5 Å². The molecule has 0 aromatic rings. The molecule has 13 nitrogen and oxygen atoms in total. The number of hydrogen-bond acceptors (Lipinski definition) is 11. The molecule has 6 N–H and O–H groups in total. The molecule has 0 bridgehead atoms. The third-order valence-corrected chi connectivity index (χ3v) is 27.7. The lowest BCUT2D eigenvalue weighted by atomic mass is 10.3. The largest absolute Gasteiger partial charge is 0.478 e. The van der Waals surface area contributed by atoms with Crippen molar-refractivity contribution in [3.05, 3.63) is 162 Å². The topological polar surface area (TPSA) is 217 Å². The maximum absolute atomic E-state index is 10.9. The molecule has 0 aromatic heterocycles. The summed E-state index contributed by atoms with van der Waals surface area (Å²) in [7, 11) is -2.73. The fraction of sp³-hybridized carbons (Fsp3) is 0.535. The van der Waals surface area contributed by atoms with E-state index in [1.54, 1.807) is 38.5 Å². The normalized spacial score (nSPS) is 23.3. The molecular formula is C71H115NO12Si5. The van der Waals surface area contributed by atoms with Crippen LogP contribution in [0, 0.1) is 47.3 Å². The van der Waals surface area contributed by atoms with Gasteiger partial charge in [-0.3, -0.25) is 4.79 Å².